The summed E-state index contributed by atoms with van der Waals surface area (Å²) in [5.41, 5.74) is 8.14. The van der Waals surface area contributed by atoms with Gasteiger partial charge in [-0.15, -0.1) is 11.3 Å². The fourth-order valence-electron chi connectivity index (χ4n) is 3.24. The Hall–Kier alpha value is -2.77. The van der Waals surface area contributed by atoms with Gasteiger partial charge in [-0.3, -0.25) is 9.59 Å². The molecule has 35 heavy (non-hydrogen) atoms. The molecular formula is C23H30N6O4S2. The van der Waals surface area contributed by atoms with Crippen molar-refractivity contribution in [3.63, 3.8) is 0 Å². The topological polar surface area (TPSA) is 162 Å². The Kier molecular flexibility index (Phi) is 8.67. The fourth-order valence-corrected chi connectivity index (χ4v) is 4.65. The first-order valence-corrected chi connectivity index (χ1v) is 12.9. The average Bonchev–Trinajstić information content (AvgIpc) is 3.14. The third-order valence-electron chi connectivity index (χ3n) is 4.86. The summed E-state index contributed by atoms with van der Waals surface area (Å²) in [6, 6.07) is 6.57. The molecule has 0 unspecified atom stereocenters. The molecule has 3 aromatic rings. The van der Waals surface area contributed by atoms with Crippen LogP contribution in [0.2, 0.25) is 0 Å². The number of hydrogen-bond acceptors (Lipinski definition) is 10. The zero-order valence-electron chi connectivity index (χ0n) is 20.0. The SMILES string of the molecule is CSc1nc(-c2cccc(NC(=O)CNC(CO)CO)c2)c2c(N)c(C(=O)NC(C)(C)C)sc2n1. The molecule has 0 fully saturated rings. The van der Waals surface area contributed by atoms with Crippen molar-refractivity contribution in [2.24, 2.45) is 0 Å². The van der Waals surface area contributed by atoms with Crippen LogP contribution in [-0.4, -0.2) is 69.6 Å². The van der Waals surface area contributed by atoms with Gasteiger partial charge in [0.05, 0.1) is 42.6 Å². The molecule has 0 aliphatic carbocycles. The number of thiophene rings is 1. The van der Waals surface area contributed by atoms with Crippen molar-refractivity contribution in [1.29, 1.82) is 0 Å². The maximum absolute atomic E-state index is 12.9. The van der Waals surface area contributed by atoms with Gasteiger partial charge in [0.15, 0.2) is 5.16 Å². The maximum atomic E-state index is 12.9. The minimum atomic E-state index is -0.572. The lowest BCUT2D eigenvalue weighted by atomic mass is 10.1. The third kappa shape index (κ3) is 6.67. The second kappa shape index (κ2) is 11.3. The number of carbonyl (C=O) groups is 2. The largest absolute Gasteiger partial charge is 0.397 e. The van der Waals surface area contributed by atoms with Gasteiger partial charge in [-0.05, 0) is 39.2 Å². The van der Waals surface area contributed by atoms with Crippen LogP contribution < -0.4 is 21.7 Å². The van der Waals surface area contributed by atoms with Gasteiger partial charge in [0.25, 0.3) is 5.91 Å². The molecule has 3 rings (SSSR count). The number of aliphatic hydroxyl groups excluding tert-OH is 2. The second-order valence-electron chi connectivity index (χ2n) is 8.86. The van der Waals surface area contributed by atoms with E-state index in [1.807, 2.05) is 33.1 Å². The Labute approximate surface area is 211 Å². The van der Waals surface area contributed by atoms with Crippen LogP contribution in [0.25, 0.3) is 21.5 Å². The van der Waals surface area contributed by atoms with E-state index in [4.69, 9.17) is 15.9 Å². The summed E-state index contributed by atoms with van der Waals surface area (Å²) in [5.74, 6) is -0.602. The van der Waals surface area contributed by atoms with E-state index < -0.39 is 11.6 Å². The summed E-state index contributed by atoms with van der Waals surface area (Å²) in [7, 11) is 0. The molecule has 188 valence electrons. The highest BCUT2D eigenvalue weighted by molar-refractivity contribution is 7.98. The highest BCUT2D eigenvalue weighted by atomic mass is 32.2. The number of nitrogens with two attached hydrogens (primary N) is 1. The summed E-state index contributed by atoms with van der Waals surface area (Å²) in [6.45, 7) is 5.06. The van der Waals surface area contributed by atoms with Gasteiger partial charge in [-0.1, -0.05) is 23.9 Å². The van der Waals surface area contributed by atoms with E-state index >= 15 is 0 Å². The van der Waals surface area contributed by atoms with Crippen LogP contribution >= 0.6 is 23.1 Å². The van der Waals surface area contributed by atoms with Crippen molar-refractivity contribution in [3.05, 3.63) is 29.1 Å². The summed E-state index contributed by atoms with van der Waals surface area (Å²) >= 11 is 2.60. The quantitative estimate of drug-likeness (QED) is 0.184. The monoisotopic (exact) mass is 518 g/mol. The maximum Gasteiger partial charge on any atom is 0.263 e. The van der Waals surface area contributed by atoms with E-state index in [1.54, 1.807) is 18.2 Å². The predicted molar refractivity (Wildman–Crippen MR) is 141 cm³/mol. The van der Waals surface area contributed by atoms with Gasteiger partial charge >= 0.3 is 0 Å². The number of amides is 2. The van der Waals surface area contributed by atoms with Crippen molar-refractivity contribution in [3.8, 4) is 11.3 Å². The number of fused-ring (bicyclic) bond motifs is 1. The number of hydrogen-bond donors (Lipinski definition) is 6. The number of benzene rings is 1. The van der Waals surface area contributed by atoms with Crippen molar-refractivity contribution >= 4 is 56.5 Å². The number of rotatable bonds is 9. The van der Waals surface area contributed by atoms with E-state index in [0.29, 0.717) is 42.9 Å². The summed E-state index contributed by atoms with van der Waals surface area (Å²) < 4.78 is 0. The van der Waals surface area contributed by atoms with Crippen molar-refractivity contribution in [1.82, 2.24) is 20.6 Å². The van der Waals surface area contributed by atoms with Gasteiger partial charge in [0.2, 0.25) is 5.91 Å². The number of anilines is 2. The Morgan fingerprint density at radius 1 is 1.20 bits per heavy atom. The van der Waals surface area contributed by atoms with Crippen LogP contribution in [0.1, 0.15) is 30.4 Å². The molecule has 0 spiro atoms. The first-order chi connectivity index (χ1) is 16.6. The molecule has 0 aliphatic heterocycles. The first-order valence-electron chi connectivity index (χ1n) is 10.9. The number of aromatic nitrogens is 2. The summed E-state index contributed by atoms with van der Waals surface area (Å²) in [5, 5.41) is 27.9. The normalized spacial score (nSPS) is 11.7. The molecule has 2 aromatic heterocycles. The number of carbonyl (C=O) groups excluding carboxylic acids is 2. The Morgan fingerprint density at radius 2 is 1.91 bits per heavy atom. The van der Waals surface area contributed by atoms with Gasteiger partial charge in [-0.2, -0.15) is 0 Å². The third-order valence-corrected chi connectivity index (χ3v) is 6.50. The molecule has 12 heteroatoms. The van der Waals surface area contributed by atoms with E-state index in [0.717, 1.165) is 0 Å². The lowest BCUT2D eigenvalue weighted by molar-refractivity contribution is -0.115. The Balaban J connectivity index is 1.97. The van der Waals surface area contributed by atoms with Crippen LogP contribution in [0.4, 0.5) is 11.4 Å². The van der Waals surface area contributed by atoms with Crippen LogP contribution in [0.15, 0.2) is 29.4 Å². The highest BCUT2D eigenvalue weighted by Crippen LogP contribution is 2.39. The lowest BCUT2D eigenvalue weighted by Gasteiger charge is -2.20. The van der Waals surface area contributed by atoms with Crippen molar-refractivity contribution in [2.75, 3.05) is 37.1 Å². The minimum absolute atomic E-state index is 0.0753. The molecule has 10 nitrogen and oxygen atoms in total. The van der Waals surface area contributed by atoms with Gasteiger partial charge < -0.3 is 31.9 Å². The number of nitrogens with one attached hydrogen (secondary N) is 3. The zero-order chi connectivity index (χ0) is 25.8. The van der Waals surface area contributed by atoms with Crippen LogP contribution in [0.3, 0.4) is 0 Å². The lowest BCUT2D eigenvalue weighted by Crippen LogP contribution is -2.40. The second-order valence-corrected chi connectivity index (χ2v) is 10.6. The molecule has 0 radical (unpaired) electrons. The zero-order valence-corrected chi connectivity index (χ0v) is 21.6. The van der Waals surface area contributed by atoms with Gasteiger partial charge in [0.1, 0.15) is 9.71 Å². The number of aliphatic hydroxyl groups is 2. The first kappa shape index (κ1) is 26.8. The molecule has 0 bridgehead atoms. The van der Waals surface area contributed by atoms with Crippen LogP contribution in [-0.2, 0) is 4.79 Å². The molecule has 0 aliphatic rings. The molecule has 0 saturated heterocycles. The highest BCUT2D eigenvalue weighted by Gasteiger charge is 2.24. The number of nitrogen functional groups attached to an aromatic ring is 1. The Bertz CT molecular complexity index is 1220. The molecule has 7 N–H and O–H groups in total. The van der Waals surface area contributed by atoms with Gasteiger partial charge in [-0.25, -0.2) is 9.97 Å². The number of thioether (sulfide) groups is 1. The van der Waals surface area contributed by atoms with Crippen LogP contribution in [0.5, 0.6) is 0 Å². The molecule has 0 saturated carbocycles. The molecule has 2 heterocycles. The fraction of sp³-hybridized carbons (Fsp3) is 0.391. The molecule has 2 amide bonds. The summed E-state index contributed by atoms with van der Waals surface area (Å²) in [6.07, 6.45) is 1.87. The van der Waals surface area contributed by atoms with Crippen molar-refractivity contribution < 1.29 is 19.8 Å². The van der Waals surface area contributed by atoms with E-state index in [-0.39, 0.29) is 31.6 Å². The number of nitrogens with zero attached hydrogens (tertiary/aromatic N) is 2. The van der Waals surface area contributed by atoms with E-state index in [1.165, 1.54) is 23.1 Å². The predicted octanol–water partition coefficient (Wildman–Crippen LogP) is 2.07. The van der Waals surface area contributed by atoms with E-state index in [2.05, 4.69) is 25.9 Å². The van der Waals surface area contributed by atoms with E-state index in [9.17, 15) is 9.59 Å². The van der Waals surface area contributed by atoms with Gasteiger partial charge in [0, 0.05) is 16.8 Å². The minimum Gasteiger partial charge on any atom is -0.397 e. The smallest absolute Gasteiger partial charge is 0.263 e. The van der Waals surface area contributed by atoms with Crippen LogP contribution in [0, 0.1) is 0 Å². The summed E-state index contributed by atoms with van der Waals surface area (Å²) in [4.78, 5) is 35.4. The molecule has 0 atom stereocenters. The molecule has 1 aromatic carbocycles. The van der Waals surface area contributed by atoms with Crippen molar-refractivity contribution in [2.45, 2.75) is 37.5 Å². The standard InChI is InChI=1S/C23H30N6O4S2/c1-23(2,3)29-20(33)19-17(24)16-18(27-22(34-4)28-21(16)35-19)12-6-5-7-13(8-12)26-15(32)9-25-14(10-30)11-31/h5-8,14,25,30-31H,9-11,24H2,1-4H3,(H,26,32)(H,29,33). The average molecular weight is 519 g/mol. The Morgan fingerprint density at radius 3 is 2.54 bits per heavy atom. The molecular weight excluding hydrogens is 488 g/mol.